The molecule has 0 saturated heterocycles. The van der Waals surface area contributed by atoms with Crippen LogP contribution in [-0.4, -0.2) is 9.97 Å². The van der Waals surface area contributed by atoms with Crippen molar-refractivity contribution in [3.8, 4) is 0 Å². The third-order valence-electron chi connectivity index (χ3n) is 1.63. The third kappa shape index (κ3) is 4.45. The van der Waals surface area contributed by atoms with Gasteiger partial charge in [-0.05, 0) is 12.1 Å². The van der Waals surface area contributed by atoms with E-state index in [-0.39, 0.29) is 0 Å². The van der Waals surface area contributed by atoms with Crippen LogP contribution in [0.4, 0.5) is 0 Å². The molecule has 0 radical (unpaired) electrons. The molecule has 3 N–H and O–H groups in total. The zero-order chi connectivity index (χ0) is 12.4. The van der Waals surface area contributed by atoms with E-state index in [2.05, 4.69) is 23.8 Å². The number of benzene rings is 1. The summed E-state index contributed by atoms with van der Waals surface area (Å²) in [5.41, 5.74) is 7.45. The van der Waals surface area contributed by atoms with Crippen LogP contribution >= 0.6 is 0 Å². The van der Waals surface area contributed by atoms with E-state index < -0.39 is 0 Å². The van der Waals surface area contributed by atoms with E-state index in [9.17, 15) is 0 Å². The van der Waals surface area contributed by atoms with Gasteiger partial charge in [0.25, 0.3) is 0 Å². The quantitative estimate of drug-likeness (QED) is 0.774. The molecule has 1 aromatic carbocycles. The fourth-order valence-electron chi connectivity index (χ4n) is 1.10. The average molecular weight is 221 g/mol. The molecule has 1 heterocycles. The monoisotopic (exact) mass is 221 g/mol. The second-order valence-electron chi connectivity index (χ2n) is 3.11. The Morgan fingerprint density at radius 3 is 2.25 bits per heavy atom. The van der Waals surface area contributed by atoms with E-state index in [1.54, 1.807) is 0 Å². The molecular formula is C13H23N3. The van der Waals surface area contributed by atoms with Gasteiger partial charge in [-0.25, -0.2) is 4.98 Å². The molecule has 0 atom stereocenters. The van der Waals surface area contributed by atoms with Gasteiger partial charge in [-0.1, -0.05) is 46.2 Å². The van der Waals surface area contributed by atoms with Gasteiger partial charge in [-0.15, -0.1) is 0 Å². The van der Waals surface area contributed by atoms with Crippen LogP contribution < -0.4 is 5.73 Å². The number of para-hydroxylation sites is 2. The lowest BCUT2D eigenvalue weighted by Crippen LogP contribution is -1.97. The molecule has 2 aromatic rings. The number of hydrogen-bond acceptors (Lipinski definition) is 2. The summed E-state index contributed by atoms with van der Waals surface area (Å²) in [6.07, 6.45) is 1.25. The lowest BCUT2D eigenvalue weighted by atomic mass is 10.3. The highest BCUT2D eigenvalue weighted by molar-refractivity contribution is 5.74. The molecule has 16 heavy (non-hydrogen) atoms. The van der Waals surface area contributed by atoms with Crippen LogP contribution in [0.2, 0.25) is 0 Å². The van der Waals surface area contributed by atoms with Crippen LogP contribution in [0.1, 0.15) is 39.9 Å². The van der Waals surface area contributed by atoms with E-state index in [1.807, 2.05) is 38.1 Å². The van der Waals surface area contributed by atoms with Crippen molar-refractivity contribution in [3.63, 3.8) is 0 Å². The smallest absolute Gasteiger partial charge is 0.121 e. The number of rotatable bonds is 1. The molecule has 2 rings (SSSR count). The molecule has 0 unspecified atom stereocenters. The second-order valence-corrected chi connectivity index (χ2v) is 3.11. The van der Waals surface area contributed by atoms with Crippen molar-refractivity contribution in [2.45, 2.75) is 40.7 Å². The molecule has 0 aliphatic rings. The first-order chi connectivity index (χ1) is 7.81. The minimum atomic E-state index is 0.467. The molecule has 0 aliphatic heterocycles. The van der Waals surface area contributed by atoms with Crippen LogP contribution in [0, 0.1) is 0 Å². The Balaban J connectivity index is 0.000000394. The highest BCUT2D eigenvalue weighted by Crippen LogP contribution is 2.09. The number of aromatic nitrogens is 2. The predicted octanol–water partition coefficient (Wildman–Crippen LogP) is 3.46. The number of nitrogens with zero attached hydrogens (tertiary/aromatic N) is 1. The summed E-state index contributed by atoms with van der Waals surface area (Å²) in [7, 11) is 0. The Morgan fingerprint density at radius 2 is 1.75 bits per heavy atom. The summed E-state index contributed by atoms with van der Waals surface area (Å²) < 4.78 is 0. The maximum Gasteiger partial charge on any atom is 0.121 e. The number of aromatic amines is 1. The van der Waals surface area contributed by atoms with Crippen molar-refractivity contribution < 1.29 is 0 Å². The number of hydrogen-bond donors (Lipinski definition) is 2. The van der Waals surface area contributed by atoms with Gasteiger partial charge in [0.15, 0.2) is 0 Å². The topological polar surface area (TPSA) is 54.7 Å². The van der Waals surface area contributed by atoms with Crippen molar-refractivity contribution in [1.29, 1.82) is 0 Å². The van der Waals surface area contributed by atoms with Gasteiger partial charge in [0.1, 0.15) is 5.82 Å². The van der Waals surface area contributed by atoms with Crippen LogP contribution in [0.25, 0.3) is 11.0 Å². The van der Waals surface area contributed by atoms with Gasteiger partial charge in [-0.3, -0.25) is 0 Å². The van der Waals surface area contributed by atoms with Crippen molar-refractivity contribution in [1.82, 2.24) is 9.97 Å². The maximum atomic E-state index is 5.42. The Kier molecular flexibility index (Phi) is 8.17. The van der Waals surface area contributed by atoms with Crippen molar-refractivity contribution in [2.75, 3.05) is 0 Å². The Labute approximate surface area is 98.1 Å². The molecule has 0 aliphatic carbocycles. The van der Waals surface area contributed by atoms with Gasteiger partial charge >= 0.3 is 0 Å². The average Bonchev–Trinajstić information content (AvgIpc) is 2.75. The van der Waals surface area contributed by atoms with Crippen molar-refractivity contribution in [2.24, 2.45) is 5.73 Å². The number of imidazole rings is 1. The second kappa shape index (κ2) is 8.92. The number of H-pyrrole nitrogens is 1. The first kappa shape index (κ1) is 14.6. The molecule has 0 amide bonds. The zero-order valence-electron chi connectivity index (χ0n) is 10.7. The molecular weight excluding hydrogens is 198 g/mol. The first-order valence-electron chi connectivity index (χ1n) is 5.95. The van der Waals surface area contributed by atoms with Gasteiger partial charge < -0.3 is 10.7 Å². The van der Waals surface area contributed by atoms with E-state index >= 15 is 0 Å². The van der Waals surface area contributed by atoms with Crippen LogP contribution in [0.5, 0.6) is 0 Å². The molecule has 0 spiro atoms. The van der Waals surface area contributed by atoms with Crippen LogP contribution in [0.3, 0.4) is 0 Å². The maximum absolute atomic E-state index is 5.42. The van der Waals surface area contributed by atoms with Gasteiger partial charge in [-0.2, -0.15) is 0 Å². The molecule has 0 bridgehead atoms. The summed E-state index contributed by atoms with van der Waals surface area (Å²) in [4.78, 5) is 7.36. The standard InChI is InChI=1S/C8H9N3.C3H8.C2H6/c9-5-8-10-6-3-1-2-4-7(6)11-8;1-3-2;1-2/h1-4H,5,9H2,(H,10,11);3H2,1-2H3;1-2H3. The molecule has 0 saturated carbocycles. The lowest BCUT2D eigenvalue weighted by molar-refractivity contribution is 0.958. The molecule has 3 heteroatoms. The molecule has 3 nitrogen and oxygen atoms in total. The van der Waals surface area contributed by atoms with Gasteiger partial charge in [0.2, 0.25) is 0 Å². The zero-order valence-corrected chi connectivity index (χ0v) is 10.7. The van der Waals surface area contributed by atoms with E-state index in [0.717, 1.165) is 16.9 Å². The molecule has 1 aromatic heterocycles. The fourth-order valence-corrected chi connectivity index (χ4v) is 1.10. The Morgan fingerprint density at radius 1 is 1.19 bits per heavy atom. The fraction of sp³-hybridized carbons (Fsp3) is 0.462. The Hall–Kier alpha value is -1.35. The van der Waals surface area contributed by atoms with Crippen molar-refractivity contribution in [3.05, 3.63) is 30.1 Å². The SMILES string of the molecule is CC.CCC.NCc1nc2ccccc2[nH]1. The summed E-state index contributed by atoms with van der Waals surface area (Å²) >= 11 is 0. The number of nitrogens with two attached hydrogens (primary N) is 1. The van der Waals surface area contributed by atoms with E-state index in [4.69, 9.17) is 5.73 Å². The minimum absolute atomic E-state index is 0.467. The summed E-state index contributed by atoms with van der Waals surface area (Å²) in [6, 6.07) is 7.89. The van der Waals surface area contributed by atoms with Gasteiger partial charge in [0, 0.05) is 0 Å². The van der Waals surface area contributed by atoms with E-state index in [1.165, 1.54) is 6.42 Å². The minimum Gasteiger partial charge on any atom is -0.341 e. The first-order valence-corrected chi connectivity index (χ1v) is 5.95. The van der Waals surface area contributed by atoms with Crippen molar-refractivity contribution >= 4 is 11.0 Å². The largest absolute Gasteiger partial charge is 0.341 e. The Bertz CT molecular complexity index is 346. The highest BCUT2D eigenvalue weighted by atomic mass is 14.9. The predicted molar refractivity (Wildman–Crippen MR) is 71.3 cm³/mol. The van der Waals surface area contributed by atoms with Crippen LogP contribution in [-0.2, 0) is 6.54 Å². The molecule has 0 fully saturated rings. The lowest BCUT2D eigenvalue weighted by Gasteiger charge is -1.82. The normalized spacial score (nSPS) is 8.81. The van der Waals surface area contributed by atoms with Gasteiger partial charge in [0.05, 0.1) is 17.6 Å². The third-order valence-corrected chi connectivity index (χ3v) is 1.63. The summed E-state index contributed by atoms with van der Waals surface area (Å²) in [5, 5.41) is 0. The summed E-state index contributed by atoms with van der Waals surface area (Å²) in [5.74, 6) is 0.839. The highest BCUT2D eigenvalue weighted by Gasteiger charge is 1.97. The van der Waals surface area contributed by atoms with E-state index in [0.29, 0.717) is 6.54 Å². The summed E-state index contributed by atoms with van der Waals surface area (Å²) in [6.45, 7) is 8.72. The number of nitrogens with one attached hydrogen (secondary N) is 1. The number of fused-ring (bicyclic) bond motifs is 1. The molecule has 90 valence electrons. The van der Waals surface area contributed by atoms with Crippen LogP contribution in [0.15, 0.2) is 24.3 Å².